The van der Waals surface area contributed by atoms with Crippen LogP contribution in [0.1, 0.15) is 36.8 Å². The third kappa shape index (κ3) is 8.08. The zero-order valence-corrected chi connectivity index (χ0v) is 29.8. The van der Waals surface area contributed by atoms with Gasteiger partial charge in [0.1, 0.15) is 35.2 Å². The second-order valence-electron chi connectivity index (χ2n) is 13.1. The van der Waals surface area contributed by atoms with Gasteiger partial charge in [-0.3, -0.25) is 24.5 Å². The summed E-state index contributed by atoms with van der Waals surface area (Å²) in [7, 11) is 1.59. The normalized spacial score (nSPS) is 15.0. The van der Waals surface area contributed by atoms with Crippen LogP contribution in [0.2, 0.25) is 0 Å². The summed E-state index contributed by atoms with van der Waals surface area (Å²) in [5.41, 5.74) is 1.39. The predicted octanol–water partition coefficient (Wildman–Crippen LogP) is 7.75. The molecule has 6 rings (SSSR count). The summed E-state index contributed by atoms with van der Waals surface area (Å²) in [6.45, 7) is 5.04. The Morgan fingerprint density at radius 3 is 2.15 bits per heavy atom. The number of ketones is 1. The number of nitrogens with zero attached hydrogens (tertiary/aromatic N) is 2. The van der Waals surface area contributed by atoms with Gasteiger partial charge in [0.2, 0.25) is 11.7 Å². The molecule has 0 radical (unpaired) electrons. The Kier molecular flexibility index (Phi) is 10.0. The quantitative estimate of drug-likeness (QED) is 0.125. The van der Waals surface area contributed by atoms with Crippen LogP contribution in [0.15, 0.2) is 113 Å². The van der Waals surface area contributed by atoms with Crippen LogP contribution in [0.5, 0.6) is 28.9 Å². The maximum atomic E-state index is 14.1. The summed E-state index contributed by atoms with van der Waals surface area (Å²) in [4.78, 5) is 47.2. The Bertz CT molecular complexity index is 2180. The molecule has 1 aliphatic rings. The number of thiazole rings is 1. The van der Waals surface area contributed by atoms with Crippen LogP contribution in [0, 0.1) is 0 Å². The van der Waals surface area contributed by atoms with Crippen molar-refractivity contribution in [2.75, 3.05) is 18.6 Å². The fourth-order valence-electron chi connectivity index (χ4n) is 5.53. The number of aromatic nitrogens is 1. The first-order chi connectivity index (χ1) is 24.8. The van der Waals surface area contributed by atoms with Crippen LogP contribution in [0.4, 0.5) is 10.5 Å². The first-order valence-corrected chi connectivity index (χ1v) is 17.2. The number of phenols is 1. The van der Waals surface area contributed by atoms with Crippen LogP contribution in [-0.4, -0.2) is 52.5 Å². The number of H-pyrrole nitrogens is 1. The summed E-state index contributed by atoms with van der Waals surface area (Å²) in [5.74, 6) is 0.895. The average Bonchev–Trinajstić information content (AvgIpc) is 3.73. The molecule has 4 aromatic carbocycles. The van der Waals surface area contributed by atoms with E-state index in [0.29, 0.717) is 39.8 Å². The number of aromatic hydroxyl groups is 2. The third-order valence-electron chi connectivity index (χ3n) is 8.20. The molecule has 1 aliphatic heterocycles. The van der Waals surface area contributed by atoms with Crippen molar-refractivity contribution in [3.05, 3.63) is 129 Å². The summed E-state index contributed by atoms with van der Waals surface area (Å²) in [6.07, 6.45) is 4.72. The number of allylic oxidation sites excluding steroid dienone is 1. The van der Waals surface area contributed by atoms with Gasteiger partial charge in [-0.1, -0.05) is 47.7 Å². The fraction of sp³-hybridized carbons (Fsp3) is 0.200. The number of phenolic OH excluding ortho intramolecular Hbond substituents is 1. The monoisotopic (exact) mass is 719 g/mol. The molecule has 0 bridgehead atoms. The van der Waals surface area contributed by atoms with Gasteiger partial charge in [0.25, 0.3) is 0 Å². The van der Waals surface area contributed by atoms with Crippen molar-refractivity contribution in [1.82, 2.24) is 4.98 Å². The number of nitrogens with one attached hydrogen (secondary N) is 1. The Balaban J connectivity index is 1.27. The van der Waals surface area contributed by atoms with Crippen molar-refractivity contribution >= 4 is 35.1 Å². The van der Waals surface area contributed by atoms with E-state index in [2.05, 4.69) is 9.98 Å². The Morgan fingerprint density at radius 2 is 1.56 bits per heavy atom. The maximum Gasteiger partial charge on any atom is 0.414 e. The minimum atomic E-state index is -1.48. The number of hydrogen-bond donors (Lipinski definition) is 3. The number of aliphatic imine (C=N–C) groups is 1. The minimum absolute atomic E-state index is 0.143. The molecular formula is C40H37N3O8S. The van der Waals surface area contributed by atoms with E-state index in [0.717, 1.165) is 28.0 Å². The van der Waals surface area contributed by atoms with Crippen molar-refractivity contribution in [1.29, 1.82) is 0 Å². The van der Waals surface area contributed by atoms with Crippen molar-refractivity contribution < 1.29 is 34.0 Å². The molecule has 1 aromatic heterocycles. The molecule has 1 unspecified atom stereocenters. The lowest BCUT2D eigenvalue weighted by molar-refractivity contribution is -0.124. The lowest BCUT2D eigenvalue weighted by Gasteiger charge is -2.28. The highest BCUT2D eigenvalue weighted by Gasteiger charge is 2.41. The largest absolute Gasteiger partial charge is 0.508 e. The molecule has 0 fully saturated rings. The number of aromatic amines is 1. The molecule has 1 atom stereocenters. The molecular weight excluding hydrogens is 683 g/mol. The van der Waals surface area contributed by atoms with Gasteiger partial charge in [-0.25, -0.2) is 4.79 Å². The molecule has 5 aromatic rings. The lowest BCUT2D eigenvalue weighted by Crippen LogP contribution is -2.36. The van der Waals surface area contributed by atoms with Crippen LogP contribution >= 0.6 is 11.3 Å². The van der Waals surface area contributed by atoms with E-state index in [4.69, 9.17) is 14.2 Å². The Morgan fingerprint density at radius 1 is 0.904 bits per heavy atom. The van der Waals surface area contributed by atoms with E-state index in [1.807, 2.05) is 24.3 Å². The van der Waals surface area contributed by atoms with E-state index in [9.17, 15) is 24.6 Å². The number of amides is 1. The first kappa shape index (κ1) is 35.7. The SMILES string of the molecule is CN(C(=O)OC(C)(C)C)c1ccc(C2(C(=O)COc3ccc(Cc4sc(=O)[nH]c4O)cc3)C=CC=N2)c(Oc2ccc(-c3ccc(O)cc3)cc2)c1. The number of benzene rings is 4. The molecule has 0 saturated carbocycles. The summed E-state index contributed by atoms with van der Waals surface area (Å²) in [5, 5.41) is 19.6. The van der Waals surface area contributed by atoms with Gasteiger partial charge in [0.15, 0.2) is 5.54 Å². The van der Waals surface area contributed by atoms with Gasteiger partial charge in [-0.2, -0.15) is 0 Å². The highest BCUT2D eigenvalue weighted by atomic mass is 32.1. The molecule has 11 nitrogen and oxygen atoms in total. The van der Waals surface area contributed by atoms with Crippen LogP contribution in [0.3, 0.4) is 0 Å². The summed E-state index contributed by atoms with van der Waals surface area (Å²) >= 11 is 0.946. The van der Waals surface area contributed by atoms with Gasteiger partial charge in [-0.05, 0) is 98.1 Å². The highest BCUT2D eigenvalue weighted by molar-refractivity contribution is 7.09. The van der Waals surface area contributed by atoms with E-state index in [-0.39, 0.29) is 28.9 Å². The molecule has 3 N–H and O–H groups in total. The fourth-order valence-corrected chi connectivity index (χ4v) is 6.29. The first-order valence-electron chi connectivity index (χ1n) is 16.4. The van der Waals surface area contributed by atoms with Crippen LogP contribution in [-0.2, 0) is 21.5 Å². The second kappa shape index (κ2) is 14.6. The molecule has 52 heavy (non-hydrogen) atoms. The molecule has 266 valence electrons. The molecule has 0 saturated heterocycles. The lowest BCUT2D eigenvalue weighted by atomic mass is 9.86. The predicted molar refractivity (Wildman–Crippen MR) is 200 cm³/mol. The number of anilines is 1. The molecule has 12 heteroatoms. The number of carbonyl (C=O) groups is 2. The van der Waals surface area contributed by atoms with E-state index in [1.54, 1.807) is 113 Å². The zero-order chi connectivity index (χ0) is 37.0. The Hall–Kier alpha value is -6.14. The van der Waals surface area contributed by atoms with Crippen LogP contribution < -0.4 is 19.2 Å². The van der Waals surface area contributed by atoms with Crippen LogP contribution in [0.25, 0.3) is 11.1 Å². The Labute approximate surface area is 304 Å². The van der Waals surface area contributed by atoms with Gasteiger partial charge in [0, 0.05) is 31.3 Å². The molecule has 0 aliphatic carbocycles. The number of carbonyl (C=O) groups excluding carboxylic acids is 2. The van der Waals surface area contributed by atoms with E-state index in [1.165, 1.54) is 4.90 Å². The molecule has 0 spiro atoms. The highest BCUT2D eigenvalue weighted by Crippen LogP contribution is 2.42. The van der Waals surface area contributed by atoms with Gasteiger partial charge >= 0.3 is 11.0 Å². The topological polar surface area (TPSA) is 151 Å². The van der Waals surface area contributed by atoms with Crippen molar-refractivity contribution in [3.63, 3.8) is 0 Å². The summed E-state index contributed by atoms with van der Waals surface area (Å²) in [6, 6.07) is 26.3. The second-order valence-corrected chi connectivity index (χ2v) is 14.2. The van der Waals surface area contributed by atoms with Gasteiger partial charge in [0.05, 0.1) is 10.6 Å². The zero-order valence-electron chi connectivity index (χ0n) is 29.0. The van der Waals surface area contributed by atoms with E-state index >= 15 is 0 Å². The number of ether oxygens (including phenoxy) is 3. The number of hydrogen-bond acceptors (Lipinski definition) is 10. The van der Waals surface area contributed by atoms with Crippen molar-refractivity contribution in [3.8, 4) is 40.0 Å². The van der Waals surface area contributed by atoms with E-state index < -0.39 is 17.2 Å². The number of rotatable bonds is 11. The maximum absolute atomic E-state index is 14.1. The van der Waals surface area contributed by atoms with Crippen molar-refractivity contribution in [2.45, 2.75) is 38.3 Å². The number of Topliss-reactive ketones (excluding diaryl/α,β-unsaturated/α-hetero) is 1. The molecule has 1 amide bonds. The van der Waals surface area contributed by atoms with Gasteiger partial charge < -0.3 is 24.4 Å². The minimum Gasteiger partial charge on any atom is -0.508 e. The standard InChI is InChI=1S/C40H37N3O8S/c1-39(2,3)51-38(48)43(4)28-12-19-32(33(23-28)50-31-17-10-27(11-18-31)26-8-13-29(44)14-9-26)40(20-5-21-41-40)35(45)24-49-30-15-6-25(7-16-30)22-34-36(46)42-37(47)52-34/h5-21,23,44,46H,22,24H2,1-4H3,(H,42,47). The van der Waals surface area contributed by atoms with Gasteiger partial charge in [-0.15, -0.1) is 0 Å². The molecule has 2 heterocycles. The smallest absolute Gasteiger partial charge is 0.414 e. The average molecular weight is 720 g/mol. The van der Waals surface area contributed by atoms with Crippen molar-refractivity contribution in [2.24, 2.45) is 4.99 Å². The summed E-state index contributed by atoms with van der Waals surface area (Å²) < 4.78 is 18.0. The third-order valence-corrected chi connectivity index (χ3v) is 9.07.